The summed E-state index contributed by atoms with van der Waals surface area (Å²) in [5.41, 5.74) is 1.12. The minimum absolute atomic E-state index is 0.266. The van der Waals surface area contributed by atoms with Crippen molar-refractivity contribution in [2.75, 3.05) is 0 Å². The summed E-state index contributed by atoms with van der Waals surface area (Å²) in [5.74, 6) is 0. The van der Waals surface area contributed by atoms with Gasteiger partial charge in [0.15, 0.2) is 4.60 Å². The number of halogens is 2. The number of rotatable bonds is 5. The third-order valence-corrected chi connectivity index (χ3v) is 3.24. The van der Waals surface area contributed by atoms with Gasteiger partial charge in [0.2, 0.25) is 0 Å². The molecule has 0 saturated heterocycles. The van der Waals surface area contributed by atoms with Crippen molar-refractivity contribution in [3.05, 3.63) is 10.3 Å². The Labute approximate surface area is 98.0 Å². The Balaban J connectivity index is 2.45. The van der Waals surface area contributed by atoms with Crippen LogP contribution in [0.4, 0.5) is 0 Å². The summed E-state index contributed by atoms with van der Waals surface area (Å²) >= 11 is 9.51. The van der Waals surface area contributed by atoms with Crippen LogP contribution in [0.2, 0.25) is 0 Å². The maximum Gasteiger partial charge on any atom is 0.151 e. The van der Waals surface area contributed by atoms with Crippen molar-refractivity contribution in [2.24, 2.45) is 7.05 Å². The smallest absolute Gasteiger partial charge is 0.151 e. The van der Waals surface area contributed by atoms with Crippen LogP contribution in [0.5, 0.6) is 0 Å². The standard InChI is InChI=1S/C9H15BrClN3/c1-3-4-7(11)5-6-8-9(10)12-13-14(8)2/h7H,3-6H2,1-2H3. The number of aromatic nitrogens is 3. The summed E-state index contributed by atoms with van der Waals surface area (Å²) in [7, 11) is 1.90. The molecule has 0 N–H and O–H groups in total. The molecule has 1 heterocycles. The normalized spacial score (nSPS) is 13.1. The Hall–Kier alpha value is -0.0900. The second-order valence-corrected chi connectivity index (χ2v) is 4.74. The van der Waals surface area contributed by atoms with E-state index >= 15 is 0 Å². The fourth-order valence-corrected chi connectivity index (χ4v) is 2.22. The van der Waals surface area contributed by atoms with Crippen molar-refractivity contribution < 1.29 is 0 Å². The largest absolute Gasteiger partial charge is 0.251 e. The molecule has 0 saturated carbocycles. The van der Waals surface area contributed by atoms with Crippen molar-refractivity contribution in [2.45, 2.75) is 38.0 Å². The molecule has 1 rings (SSSR count). The van der Waals surface area contributed by atoms with Crippen LogP contribution in [0.15, 0.2) is 4.60 Å². The molecule has 80 valence electrons. The molecule has 1 atom stereocenters. The molecule has 0 amide bonds. The molecule has 0 aliphatic carbocycles. The molecule has 1 unspecified atom stereocenters. The van der Waals surface area contributed by atoms with Crippen LogP contribution in [-0.4, -0.2) is 20.4 Å². The second kappa shape index (κ2) is 5.71. The van der Waals surface area contributed by atoms with E-state index in [0.29, 0.717) is 0 Å². The molecular weight excluding hydrogens is 265 g/mol. The molecule has 0 aliphatic rings. The maximum absolute atomic E-state index is 6.14. The van der Waals surface area contributed by atoms with E-state index in [1.807, 2.05) is 7.05 Å². The van der Waals surface area contributed by atoms with Gasteiger partial charge >= 0.3 is 0 Å². The number of hydrogen-bond donors (Lipinski definition) is 0. The Morgan fingerprint density at radius 3 is 2.71 bits per heavy atom. The SMILES string of the molecule is CCCC(Cl)CCc1c(Br)nnn1C. The molecule has 5 heteroatoms. The lowest BCUT2D eigenvalue weighted by Gasteiger charge is -2.07. The highest BCUT2D eigenvalue weighted by Gasteiger charge is 2.10. The third-order valence-electron chi connectivity index (χ3n) is 2.19. The maximum atomic E-state index is 6.14. The first-order valence-corrected chi connectivity index (χ1v) is 6.06. The average Bonchev–Trinajstić information content (AvgIpc) is 2.44. The van der Waals surface area contributed by atoms with E-state index in [9.17, 15) is 0 Å². The highest BCUT2D eigenvalue weighted by Crippen LogP contribution is 2.18. The Morgan fingerprint density at radius 2 is 2.21 bits per heavy atom. The summed E-state index contributed by atoms with van der Waals surface area (Å²) in [6, 6.07) is 0. The van der Waals surface area contributed by atoms with Crippen molar-refractivity contribution in [3.63, 3.8) is 0 Å². The topological polar surface area (TPSA) is 30.7 Å². The number of aryl methyl sites for hydroxylation is 1. The van der Waals surface area contributed by atoms with Gasteiger partial charge in [-0.05, 0) is 35.2 Å². The van der Waals surface area contributed by atoms with Crippen molar-refractivity contribution in [1.82, 2.24) is 15.0 Å². The lowest BCUT2D eigenvalue weighted by Crippen LogP contribution is -2.04. The van der Waals surface area contributed by atoms with Crippen LogP contribution >= 0.6 is 27.5 Å². The van der Waals surface area contributed by atoms with Gasteiger partial charge < -0.3 is 0 Å². The first kappa shape index (κ1) is 12.0. The fourth-order valence-electron chi connectivity index (χ4n) is 1.37. The number of alkyl halides is 1. The molecular formula is C9H15BrClN3. The van der Waals surface area contributed by atoms with Crippen LogP contribution in [-0.2, 0) is 13.5 Å². The Bertz CT molecular complexity index is 268. The lowest BCUT2D eigenvalue weighted by molar-refractivity contribution is 0.627. The van der Waals surface area contributed by atoms with Crippen LogP contribution in [0.25, 0.3) is 0 Å². The highest BCUT2D eigenvalue weighted by molar-refractivity contribution is 9.10. The predicted octanol–water partition coefficient (Wildman–Crippen LogP) is 2.92. The van der Waals surface area contributed by atoms with E-state index in [4.69, 9.17) is 11.6 Å². The molecule has 0 aliphatic heterocycles. The highest BCUT2D eigenvalue weighted by atomic mass is 79.9. The fraction of sp³-hybridized carbons (Fsp3) is 0.778. The number of hydrogen-bond acceptors (Lipinski definition) is 2. The molecule has 0 aromatic carbocycles. The van der Waals surface area contributed by atoms with Crippen LogP contribution < -0.4 is 0 Å². The Kier molecular flexibility index (Phi) is 4.89. The van der Waals surface area contributed by atoms with E-state index in [0.717, 1.165) is 36.0 Å². The van der Waals surface area contributed by atoms with E-state index in [2.05, 4.69) is 33.2 Å². The summed E-state index contributed by atoms with van der Waals surface area (Å²) in [6.45, 7) is 2.15. The van der Waals surface area contributed by atoms with Crippen molar-refractivity contribution in [1.29, 1.82) is 0 Å². The zero-order valence-electron chi connectivity index (χ0n) is 8.50. The zero-order valence-corrected chi connectivity index (χ0v) is 10.8. The summed E-state index contributed by atoms with van der Waals surface area (Å²) in [5, 5.41) is 8.11. The van der Waals surface area contributed by atoms with Gasteiger partial charge in [0.1, 0.15) is 0 Å². The summed E-state index contributed by atoms with van der Waals surface area (Å²) in [4.78, 5) is 0. The molecule has 3 nitrogen and oxygen atoms in total. The first-order chi connectivity index (χ1) is 6.65. The van der Waals surface area contributed by atoms with Gasteiger partial charge in [-0.2, -0.15) is 0 Å². The van der Waals surface area contributed by atoms with Gasteiger partial charge in [0.05, 0.1) is 5.69 Å². The van der Waals surface area contributed by atoms with Crippen LogP contribution in [0.3, 0.4) is 0 Å². The van der Waals surface area contributed by atoms with Gasteiger partial charge in [0.25, 0.3) is 0 Å². The molecule has 0 radical (unpaired) electrons. The predicted molar refractivity (Wildman–Crippen MR) is 61.6 cm³/mol. The first-order valence-electron chi connectivity index (χ1n) is 4.83. The van der Waals surface area contributed by atoms with Gasteiger partial charge in [-0.15, -0.1) is 16.7 Å². The third kappa shape index (κ3) is 3.24. The van der Waals surface area contributed by atoms with Crippen LogP contribution in [0.1, 0.15) is 31.9 Å². The average molecular weight is 281 g/mol. The van der Waals surface area contributed by atoms with Crippen molar-refractivity contribution >= 4 is 27.5 Å². The van der Waals surface area contributed by atoms with E-state index in [1.165, 1.54) is 0 Å². The second-order valence-electron chi connectivity index (χ2n) is 3.38. The molecule has 14 heavy (non-hydrogen) atoms. The molecule has 0 fully saturated rings. The summed E-state index contributed by atoms with van der Waals surface area (Å²) in [6.07, 6.45) is 4.12. The quantitative estimate of drug-likeness (QED) is 0.777. The van der Waals surface area contributed by atoms with E-state index in [-0.39, 0.29) is 5.38 Å². The minimum atomic E-state index is 0.266. The van der Waals surface area contributed by atoms with Gasteiger partial charge in [-0.3, -0.25) is 4.68 Å². The molecule has 1 aromatic heterocycles. The van der Waals surface area contributed by atoms with E-state index in [1.54, 1.807) is 4.68 Å². The van der Waals surface area contributed by atoms with Crippen molar-refractivity contribution in [3.8, 4) is 0 Å². The van der Waals surface area contributed by atoms with Crippen LogP contribution in [0, 0.1) is 0 Å². The molecule has 1 aromatic rings. The number of nitrogens with zero attached hydrogens (tertiary/aromatic N) is 3. The zero-order chi connectivity index (χ0) is 10.6. The molecule has 0 spiro atoms. The monoisotopic (exact) mass is 279 g/mol. The van der Waals surface area contributed by atoms with E-state index < -0.39 is 0 Å². The van der Waals surface area contributed by atoms with Gasteiger partial charge in [0, 0.05) is 12.4 Å². The lowest BCUT2D eigenvalue weighted by atomic mass is 10.1. The minimum Gasteiger partial charge on any atom is -0.251 e. The van der Waals surface area contributed by atoms with Gasteiger partial charge in [-0.1, -0.05) is 18.6 Å². The Morgan fingerprint density at radius 1 is 1.50 bits per heavy atom. The molecule has 0 bridgehead atoms. The van der Waals surface area contributed by atoms with Gasteiger partial charge in [-0.25, -0.2) is 0 Å². The summed E-state index contributed by atoms with van der Waals surface area (Å²) < 4.78 is 2.62.